The first kappa shape index (κ1) is 16.3. The predicted molar refractivity (Wildman–Crippen MR) is 78.8 cm³/mol. The molecule has 0 heterocycles. The van der Waals surface area contributed by atoms with E-state index < -0.39 is 6.04 Å². The van der Waals surface area contributed by atoms with Gasteiger partial charge in [0.05, 0.1) is 20.3 Å². The molecule has 0 bridgehead atoms. The fourth-order valence-electron chi connectivity index (χ4n) is 1.68. The quantitative estimate of drug-likeness (QED) is 0.861. The smallest absolute Gasteiger partial charge is 0.237 e. The number of rotatable bonds is 5. The van der Waals surface area contributed by atoms with Gasteiger partial charge >= 0.3 is 0 Å². The molecule has 0 saturated carbocycles. The molecule has 1 amide bonds. The van der Waals surface area contributed by atoms with Crippen LogP contribution in [-0.2, 0) is 11.3 Å². The number of nitrogens with one attached hydrogen (secondary N) is 1. The van der Waals surface area contributed by atoms with Gasteiger partial charge in [-0.05, 0) is 23.1 Å². The molecule has 1 rings (SSSR count). The van der Waals surface area contributed by atoms with Crippen molar-refractivity contribution in [3.63, 3.8) is 0 Å². The Kier molecular flexibility index (Phi) is 5.39. The number of ether oxygens (including phenoxy) is 2. The maximum absolute atomic E-state index is 11.9. The average molecular weight is 280 g/mol. The summed E-state index contributed by atoms with van der Waals surface area (Å²) in [6.45, 7) is 6.22. The average Bonchev–Trinajstić information content (AvgIpc) is 2.42. The van der Waals surface area contributed by atoms with Crippen LogP contribution in [0.25, 0.3) is 0 Å². The maximum atomic E-state index is 11.9. The molecule has 0 unspecified atom stereocenters. The minimum Gasteiger partial charge on any atom is -0.493 e. The van der Waals surface area contributed by atoms with Crippen molar-refractivity contribution in [1.82, 2.24) is 5.32 Å². The van der Waals surface area contributed by atoms with E-state index in [4.69, 9.17) is 15.2 Å². The molecular formula is C15H24N2O3. The third kappa shape index (κ3) is 4.13. The minimum atomic E-state index is -0.539. The van der Waals surface area contributed by atoms with Crippen LogP contribution in [0.3, 0.4) is 0 Å². The molecule has 5 nitrogen and oxygen atoms in total. The van der Waals surface area contributed by atoms with E-state index in [1.807, 2.05) is 39.0 Å². The van der Waals surface area contributed by atoms with Crippen molar-refractivity contribution in [2.24, 2.45) is 11.1 Å². The van der Waals surface area contributed by atoms with Gasteiger partial charge in [-0.15, -0.1) is 0 Å². The standard InChI is InChI=1S/C15H24N2O3/c1-15(2,3)13(16)14(18)17-9-10-6-7-11(19-4)12(8-10)20-5/h6-8,13H,9,16H2,1-5H3,(H,17,18)/t13-/m1/s1. The SMILES string of the molecule is COc1ccc(CNC(=O)[C@@H](N)C(C)(C)C)cc1OC. The third-order valence-corrected chi connectivity index (χ3v) is 3.13. The van der Waals surface area contributed by atoms with Gasteiger partial charge in [-0.25, -0.2) is 0 Å². The molecule has 0 aliphatic carbocycles. The second kappa shape index (κ2) is 6.61. The second-order valence-corrected chi connectivity index (χ2v) is 5.75. The topological polar surface area (TPSA) is 73.6 Å². The lowest BCUT2D eigenvalue weighted by atomic mass is 9.87. The van der Waals surface area contributed by atoms with Crippen LogP contribution in [0.1, 0.15) is 26.3 Å². The summed E-state index contributed by atoms with van der Waals surface area (Å²) in [6.07, 6.45) is 0. The Hall–Kier alpha value is -1.75. The minimum absolute atomic E-state index is 0.160. The summed E-state index contributed by atoms with van der Waals surface area (Å²) in [5.41, 5.74) is 6.57. The first-order valence-corrected chi connectivity index (χ1v) is 6.53. The Bertz CT molecular complexity index is 467. The zero-order valence-electron chi connectivity index (χ0n) is 12.8. The summed E-state index contributed by atoms with van der Waals surface area (Å²) in [6, 6.07) is 4.98. The normalized spacial score (nSPS) is 12.7. The fraction of sp³-hybridized carbons (Fsp3) is 0.533. The van der Waals surface area contributed by atoms with Gasteiger partial charge in [-0.3, -0.25) is 4.79 Å². The van der Waals surface area contributed by atoms with Crippen molar-refractivity contribution < 1.29 is 14.3 Å². The molecule has 0 aliphatic heterocycles. The summed E-state index contributed by atoms with van der Waals surface area (Å²) in [5.74, 6) is 1.14. The van der Waals surface area contributed by atoms with Gasteiger partial charge in [-0.2, -0.15) is 0 Å². The highest BCUT2D eigenvalue weighted by molar-refractivity contribution is 5.82. The number of carbonyl (C=O) groups excluding carboxylic acids is 1. The number of amides is 1. The van der Waals surface area contributed by atoms with E-state index in [9.17, 15) is 4.79 Å². The van der Waals surface area contributed by atoms with Gasteiger partial charge < -0.3 is 20.5 Å². The monoisotopic (exact) mass is 280 g/mol. The van der Waals surface area contributed by atoms with Crippen molar-refractivity contribution in [2.75, 3.05) is 14.2 Å². The van der Waals surface area contributed by atoms with Crippen molar-refractivity contribution in [3.05, 3.63) is 23.8 Å². The Morgan fingerprint density at radius 1 is 1.25 bits per heavy atom. The fourth-order valence-corrected chi connectivity index (χ4v) is 1.68. The number of hydrogen-bond acceptors (Lipinski definition) is 4. The molecule has 5 heteroatoms. The summed E-state index contributed by atoms with van der Waals surface area (Å²) < 4.78 is 10.4. The van der Waals surface area contributed by atoms with Crippen LogP contribution in [0.15, 0.2) is 18.2 Å². The van der Waals surface area contributed by atoms with Crippen LogP contribution in [0, 0.1) is 5.41 Å². The molecule has 3 N–H and O–H groups in total. The molecular weight excluding hydrogens is 256 g/mol. The first-order valence-electron chi connectivity index (χ1n) is 6.53. The van der Waals surface area contributed by atoms with Gasteiger partial charge in [0, 0.05) is 6.54 Å². The van der Waals surface area contributed by atoms with Crippen LogP contribution >= 0.6 is 0 Å². The Morgan fingerprint density at radius 3 is 2.35 bits per heavy atom. The highest BCUT2D eigenvalue weighted by atomic mass is 16.5. The van der Waals surface area contributed by atoms with Crippen LogP contribution in [0.5, 0.6) is 11.5 Å². The van der Waals surface area contributed by atoms with E-state index in [1.165, 1.54) is 0 Å². The number of methoxy groups -OCH3 is 2. The van der Waals surface area contributed by atoms with Crippen molar-refractivity contribution in [2.45, 2.75) is 33.4 Å². The van der Waals surface area contributed by atoms with E-state index >= 15 is 0 Å². The summed E-state index contributed by atoms with van der Waals surface area (Å²) in [4.78, 5) is 11.9. The van der Waals surface area contributed by atoms with Gasteiger partial charge in [0.25, 0.3) is 0 Å². The Balaban J connectivity index is 2.69. The molecule has 0 aliphatic rings. The highest BCUT2D eigenvalue weighted by Crippen LogP contribution is 2.27. The second-order valence-electron chi connectivity index (χ2n) is 5.75. The van der Waals surface area contributed by atoms with Crippen molar-refractivity contribution >= 4 is 5.91 Å². The molecule has 0 saturated heterocycles. The van der Waals surface area contributed by atoms with Gasteiger partial charge in [0.1, 0.15) is 0 Å². The Morgan fingerprint density at radius 2 is 1.85 bits per heavy atom. The van der Waals surface area contributed by atoms with E-state index in [0.717, 1.165) is 5.56 Å². The molecule has 1 atom stereocenters. The third-order valence-electron chi connectivity index (χ3n) is 3.13. The van der Waals surface area contributed by atoms with E-state index in [-0.39, 0.29) is 11.3 Å². The number of nitrogens with two attached hydrogens (primary N) is 1. The van der Waals surface area contributed by atoms with Crippen LogP contribution in [0.2, 0.25) is 0 Å². The maximum Gasteiger partial charge on any atom is 0.237 e. The van der Waals surface area contributed by atoms with Crippen LogP contribution in [0.4, 0.5) is 0 Å². The summed E-state index contributed by atoms with van der Waals surface area (Å²) in [7, 11) is 3.16. The van der Waals surface area contributed by atoms with Crippen molar-refractivity contribution in [1.29, 1.82) is 0 Å². The largest absolute Gasteiger partial charge is 0.493 e. The Labute approximate surface area is 120 Å². The lowest BCUT2D eigenvalue weighted by Gasteiger charge is -2.25. The highest BCUT2D eigenvalue weighted by Gasteiger charge is 2.27. The van der Waals surface area contributed by atoms with E-state index in [2.05, 4.69) is 5.32 Å². The van der Waals surface area contributed by atoms with Crippen molar-refractivity contribution in [3.8, 4) is 11.5 Å². The van der Waals surface area contributed by atoms with Gasteiger partial charge in [0.15, 0.2) is 11.5 Å². The van der Waals surface area contributed by atoms with E-state index in [0.29, 0.717) is 18.0 Å². The summed E-state index contributed by atoms with van der Waals surface area (Å²) in [5, 5.41) is 2.83. The predicted octanol–water partition coefficient (Wildman–Crippen LogP) is 1.69. The molecule has 112 valence electrons. The number of hydrogen-bond donors (Lipinski definition) is 2. The lowest BCUT2D eigenvalue weighted by molar-refractivity contribution is -0.124. The molecule has 0 fully saturated rings. The summed E-state index contributed by atoms with van der Waals surface area (Å²) >= 11 is 0. The molecule has 0 spiro atoms. The lowest BCUT2D eigenvalue weighted by Crippen LogP contribution is -2.48. The first-order chi connectivity index (χ1) is 9.29. The molecule has 1 aromatic rings. The molecule has 0 aromatic heterocycles. The van der Waals surface area contributed by atoms with E-state index in [1.54, 1.807) is 14.2 Å². The molecule has 20 heavy (non-hydrogen) atoms. The number of benzene rings is 1. The van der Waals surface area contributed by atoms with Gasteiger partial charge in [0.2, 0.25) is 5.91 Å². The zero-order valence-corrected chi connectivity index (χ0v) is 12.8. The van der Waals surface area contributed by atoms with Crippen LogP contribution in [-0.4, -0.2) is 26.2 Å². The van der Waals surface area contributed by atoms with Gasteiger partial charge in [-0.1, -0.05) is 26.8 Å². The molecule has 1 aromatic carbocycles. The molecule has 0 radical (unpaired) electrons. The number of carbonyl (C=O) groups is 1. The van der Waals surface area contributed by atoms with Crippen LogP contribution < -0.4 is 20.5 Å². The zero-order chi connectivity index (χ0) is 15.3.